The van der Waals surface area contributed by atoms with E-state index in [2.05, 4.69) is 5.10 Å². The standard InChI is InChI=1S/C26H36ClFN4O6S/c1-9-37-24(33)23-20(15-19(28)12-13-31(8)25(34)38-26(3,4)5)17(2)29-32(23)16-18-10-11-22(21(27)14-18)39(35,36)30(6)7/h10-12,14H,9,13,15-16H2,1-8H3/b19-12-. The maximum absolute atomic E-state index is 15.0. The Bertz CT molecular complexity index is 1350. The summed E-state index contributed by atoms with van der Waals surface area (Å²) in [5.74, 6) is -1.25. The zero-order valence-electron chi connectivity index (χ0n) is 23.5. The number of carbonyl (C=O) groups is 2. The zero-order chi connectivity index (χ0) is 29.7. The van der Waals surface area contributed by atoms with E-state index in [1.54, 1.807) is 40.7 Å². The summed E-state index contributed by atoms with van der Waals surface area (Å²) >= 11 is 6.28. The van der Waals surface area contributed by atoms with Crippen molar-refractivity contribution < 1.29 is 31.9 Å². The maximum atomic E-state index is 15.0. The number of carbonyl (C=O) groups excluding carboxylic acids is 2. The minimum atomic E-state index is -3.74. The van der Waals surface area contributed by atoms with E-state index in [0.29, 0.717) is 16.8 Å². The summed E-state index contributed by atoms with van der Waals surface area (Å²) in [7, 11) is 0.558. The highest BCUT2D eigenvalue weighted by Crippen LogP contribution is 2.26. The molecule has 0 aliphatic rings. The highest BCUT2D eigenvalue weighted by atomic mass is 35.5. The van der Waals surface area contributed by atoms with Crippen molar-refractivity contribution in [1.82, 2.24) is 19.0 Å². The first-order valence-electron chi connectivity index (χ1n) is 12.2. The Balaban J connectivity index is 2.35. The van der Waals surface area contributed by atoms with Crippen molar-refractivity contribution >= 4 is 33.7 Å². The molecule has 216 valence electrons. The predicted octanol–water partition coefficient (Wildman–Crippen LogP) is 4.58. The van der Waals surface area contributed by atoms with Gasteiger partial charge in [0.2, 0.25) is 10.0 Å². The molecular formula is C26H36ClFN4O6S. The molecule has 1 aromatic heterocycles. The molecule has 0 bridgehead atoms. The van der Waals surface area contributed by atoms with Crippen molar-refractivity contribution in [2.75, 3.05) is 34.3 Å². The zero-order valence-corrected chi connectivity index (χ0v) is 25.1. The second-order valence-corrected chi connectivity index (χ2v) is 12.6. The van der Waals surface area contributed by atoms with Gasteiger partial charge >= 0.3 is 12.1 Å². The predicted molar refractivity (Wildman–Crippen MR) is 146 cm³/mol. The number of likely N-dealkylation sites (N-methyl/N-ethyl adjacent to an activating group) is 1. The molecule has 1 amide bonds. The van der Waals surface area contributed by atoms with E-state index >= 15 is 0 Å². The highest BCUT2D eigenvalue weighted by molar-refractivity contribution is 7.89. The average Bonchev–Trinajstić information content (AvgIpc) is 3.10. The molecule has 0 radical (unpaired) electrons. The van der Waals surface area contributed by atoms with Crippen molar-refractivity contribution in [3.8, 4) is 0 Å². The van der Waals surface area contributed by atoms with Gasteiger partial charge in [-0.2, -0.15) is 5.10 Å². The molecule has 2 aromatic rings. The van der Waals surface area contributed by atoms with Crippen LogP contribution in [0.2, 0.25) is 5.02 Å². The van der Waals surface area contributed by atoms with Gasteiger partial charge in [-0.05, 0) is 58.4 Å². The van der Waals surface area contributed by atoms with Crippen LogP contribution in [0.4, 0.5) is 9.18 Å². The van der Waals surface area contributed by atoms with Gasteiger partial charge < -0.3 is 14.4 Å². The number of allylic oxidation sites excluding steroid dienone is 1. The fourth-order valence-electron chi connectivity index (χ4n) is 3.49. The molecule has 0 N–H and O–H groups in total. The number of rotatable bonds is 10. The average molecular weight is 587 g/mol. The second-order valence-electron chi connectivity index (χ2n) is 10.0. The van der Waals surface area contributed by atoms with E-state index in [0.717, 1.165) is 4.31 Å². The first-order valence-corrected chi connectivity index (χ1v) is 14.0. The quantitative estimate of drug-likeness (QED) is 0.375. The van der Waals surface area contributed by atoms with E-state index in [9.17, 15) is 22.4 Å². The second kappa shape index (κ2) is 12.9. The van der Waals surface area contributed by atoms with Crippen LogP contribution in [-0.2, 0) is 32.5 Å². The number of aryl methyl sites for hydroxylation is 1. The van der Waals surface area contributed by atoms with Crippen molar-refractivity contribution in [3.05, 3.63) is 57.6 Å². The number of benzene rings is 1. The van der Waals surface area contributed by atoms with Crippen LogP contribution in [0.5, 0.6) is 0 Å². The van der Waals surface area contributed by atoms with Crippen LogP contribution in [0.1, 0.15) is 55.0 Å². The Hall–Kier alpha value is -2.96. The number of hydrogen-bond acceptors (Lipinski definition) is 7. The van der Waals surface area contributed by atoms with Gasteiger partial charge in [0.25, 0.3) is 0 Å². The van der Waals surface area contributed by atoms with Crippen LogP contribution in [0.25, 0.3) is 0 Å². The van der Waals surface area contributed by atoms with Gasteiger partial charge in [-0.3, -0.25) is 4.68 Å². The summed E-state index contributed by atoms with van der Waals surface area (Å²) in [6, 6.07) is 4.44. The van der Waals surface area contributed by atoms with Gasteiger partial charge in [0.1, 0.15) is 16.3 Å². The minimum Gasteiger partial charge on any atom is -0.461 e. The van der Waals surface area contributed by atoms with Gasteiger partial charge in [0, 0.05) is 39.7 Å². The molecule has 39 heavy (non-hydrogen) atoms. The van der Waals surface area contributed by atoms with Crippen molar-refractivity contribution in [3.63, 3.8) is 0 Å². The molecule has 2 rings (SSSR count). The van der Waals surface area contributed by atoms with E-state index in [-0.39, 0.29) is 41.7 Å². The molecule has 0 spiro atoms. The van der Waals surface area contributed by atoms with Crippen molar-refractivity contribution in [2.24, 2.45) is 0 Å². The number of amides is 1. The van der Waals surface area contributed by atoms with Crippen LogP contribution in [0.3, 0.4) is 0 Å². The lowest BCUT2D eigenvalue weighted by atomic mass is 10.1. The van der Waals surface area contributed by atoms with Gasteiger partial charge in [0.05, 0.1) is 23.9 Å². The van der Waals surface area contributed by atoms with Gasteiger partial charge in [-0.15, -0.1) is 0 Å². The van der Waals surface area contributed by atoms with E-state index in [4.69, 9.17) is 21.1 Å². The summed E-state index contributed by atoms with van der Waals surface area (Å²) in [5, 5.41) is 4.44. The summed E-state index contributed by atoms with van der Waals surface area (Å²) < 4.78 is 52.9. The summed E-state index contributed by atoms with van der Waals surface area (Å²) in [6.07, 6.45) is 0.396. The molecule has 0 saturated heterocycles. The summed E-state index contributed by atoms with van der Waals surface area (Å²) in [6.45, 7) is 8.63. The van der Waals surface area contributed by atoms with Crippen LogP contribution in [-0.4, -0.2) is 79.4 Å². The Kier molecular flexibility index (Phi) is 10.7. The Morgan fingerprint density at radius 2 is 1.85 bits per heavy atom. The lowest BCUT2D eigenvalue weighted by Gasteiger charge is -2.23. The number of sulfonamides is 1. The normalized spacial score (nSPS) is 12.5. The van der Waals surface area contributed by atoms with Gasteiger partial charge in [-0.1, -0.05) is 17.7 Å². The van der Waals surface area contributed by atoms with Gasteiger partial charge in [-0.25, -0.2) is 26.7 Å². The fraction of sp³-hybridized carbons (Fsp3) is 0.500. The van der Waals surface area contributed by atoms with Crippen LogP contribution >= 0.6 is 11.6 Å². The largest absolute Gasteiger partial charge is 0.461 e. The van der Waals surface area contributed by atoms with Crippen LogP contribution < -0.4 is 0 Å². The molecule has 1 aromatic carbocycles. The van der Waals surface area contributed by atoms with E-state index < -0.39 is 33.5 Å². The lowest BCUT2D eigenvalue weighted by Crippen LogP contribution is -2.34. The molecule has 0 saturated carbocycles. The molecule has 1 heterocycles. The third kappa shape index (κ3) is 8.51. The number of nitrogens with zero attached hydrogens (tertiary/aromatic N) is 4. The maximum Gasteiger partial charge on any atom is 0.410 e. The minimum absolute atomic E-state index is 0.0195. The van der Waals surface area contributed by atoms with Gasteiger partial charge in [0.15, 0.2) is 5.69 Å². The molecule has 0 fully saturated rings. The first-order chi connectivity index (χ1) is 18.0. The SMILES string of the molecule is CCOC(=O)c1c(C/C(F)=C/CN(C)C(=O)OC(C)(C)C)c(C)nn1Cc1ccc(S(=O)(=O)N(C)C)c(Cl)c1. The number of halogens is 2. The number of aromatic nitrogens is 2. The summed E-state index contributed by atoms with van der Waals surface area (Å²) in [4.78, 5) is 26.2. The Morgan fingerprint density at radius 1 is 1.21 bits per heavy atom. The topological polar surface area (TPSA) is 111 Å². The highest BCUT2D eigenvalue weighted by Gasteiger charge is 2.26. The lowest BCUT2D eigenvalue weighted by molar-refractivity contribution is 0.0316. The number of hydrogen-bond donors (Lipinski definition) is 0. The van der Waals surface area contributed by atoms with Crippen molar-refractivity contribution in [2.45, 2.75) is 58.1 Å². The Labute approximate surface area is 234 Å². The molecule has 0 atom stereocenters. The van der Waals surface area contributed by atoms with E-state index in [1.807, 2.05) is 0 Å². The monoisotopic (exact) mass is 586 g/mol. The van der Waals surface area contributed by atoms with Crippen LogP contribution in [0.15, 0.2) is 35.0 Å². The van der Waals surface area contributed by atoms with Crippen molar-refractivity contribution in [1.29, 1.82) is 0 Å². The smallest absolute Gasteiger partial charge is 0.410 e. The Morgan fingerprint density at radius 3 is 2.38 bits per heavy atom. The van der Waals surface area contributed by atoms with E-state index in [1.165, 1.54) is 48.9 Å². The molecule has 0 unspecified atom stereocenters. The molecule has 0 aliphatic heterocycles. The number of esters is 1. The molecule has 13 heteroatoms. The first kappa shape index (κ1) is 32.3. The third-order valence-electron chi connectivity index (χ3n) is 5.44. The fourth-order valence-corrected chi connectivity index (χ4v) is 4.92. The number of ether oxygens (including phenoxy) is 2. The van der Waals surface area contributed by atoms with Crippen LogP contribution in [0, 0.1) is 6.92 Å². The molecule has 10 nitrogen and oxygen atoms in total. The summed E-state index contributed by atoms with van der Waals surface area (Å²) in [5.41, 5.74) is 0.714. The molecule has 0 aliphatic carbocycles. The third-order valence-corrected chi connectivity index (χ3v) is 7.74. The molecular weight excluding hydrogens is 551 g/mol.